The predicted octanol–water partition coefficient (Wildman–Crippen LogP) is 5.08. The molecule has 4 rings (SSSR count). The van der Waals surface area contributed by atoms with E-state index in [2.05, 4.69) is 10.3 Å². The van der Waals surface area contributed by atoms with Crippen LogP contribution in [0.2, 0.25) is 0 Å². The molecule has 2 heterocycles. The standard InChI is InChI=1S/C25H23F4N3O2/c26-20-7-9-21(10-8-20)34-22-11-6-19(14-30-22)15-31-23(33)24(25(27,28)29)12-13-32(17-24)16-18-4-2-1-3-5-18/h1-11,14H,12-13,15-17H2,(H,31,33). The van der Waals surface area contributed by atoms with E-state index >= 15 is 0 Å². The average Bonchev–Trinajstić information content (AvgIpc) is 3.26. The average molecular weight is 473 g/mol. The van der Waals surface area contributed by atoms with Crippen molar-refractivity contribution in [2.45, 2.75) is 25.7 Å². The van der Waals surface area contributed by atoms with E-state index in [-0.39, 0.29) is 31.9 Å². The second-order valence-electron chi connectivity index (χ2n) is 8.27. The minimum Gasteiger partial charge on any atom is -0.439 e. The van der Waals surface area contributed by atoms with Gasteiger partial charge in [0.05, 0.1) is 0 Å². The summed E-state index contributed by atoms with van der Waals surface area (Å²) in [6.07, 6.45) is -3.55. The number of nitrogens with one attached hydrogen (secondary N) is 1. The second-order valence-corrected chi connectivity index (χ2v) is 8.27. The first kappa shape index (κ1) is 23.7. The maximum absolute atomic E-state index is 14.0. The lowest BCUT2D eigenvalue weighted by Crippen LogP contribution is -2.52. The highest BCUT2D eigenvalue weighted by molar-refractivity contribution is 5.84. The van der Waals surface area contributed by atoms with Gasteiger partial charge in [-0.15, -0.1) is 0 Å². The molecule has 0 radical (unpaired) electrons. The van der Waals surface area contributed by atoms with Crippen LogP contribution in [0.25, 0.3) is 0 Å². The number of alkyl halides is 3. The molecule has 1 aromatic heterocycles. The Balaban J connectivity index is 1.37. The summed E-state index contributed by atoms with van der Waals surface area (Å²) in [5, 5.41) is 2.44. The third-order valence-electron chi connectivity index (χ3n) is 5.86. The van der Waals surface area contributed by atoms with Crippen molar-refractivity contribution in [3.8, 4) is 11.6 Å². The van der Waals surface area contributed by atoms with E-state index < -0.39 is 23.3 Å². The third kappa shape index (κ3) is 5.36. The Labute approximate surface area is 194 Å². The Bertz CT molecular complexity index is 1110. The number of likely N-dealkylation sites (tertiary alicyclic amines) is 1. The molecule has 1 aliphatic heterocycles. The number of carbonyl (C=O) groups excluding carboxylic acids is 1. The predicted molar refractivity (Wildman–Crippen MR) is 117 cm³/mol. The molecule has 1 saturated heterocycles. The van der Waals surface area contributed by atoms with Gasteiger partial charge >= 0.3 is 6.18 Å². The fraction of sp³-hybridized carbons (Fsp3) is 0.280. The summed E-state index contributed by atoms with van der Waals surface area (Å²) in [5.41, 5.74) is -1.04. The minimum atomic E-state index is -4.67. The van der Waals surface area contributed by atoms with Crippen molar-refractivity contribution in [2.24, 2.45) is 5.41 Å². The smallest absolute Gasteiger partial charge is 0.404 e. The number of hydrogen-bond donors (Lipinski definition) is 1. The topological polar surface area (TPSA) is 54.5 Å². The number of carbonyl (C=O) groups is 1. The van der Waals surface area contributed by atoms with Crippen LogP contribution in [0.1, 0.15) is 17.5 Å². The fourth-order valence-corrected chi connectivity index (χ4v) is 3.96. The molecular weight excluding hydrogens is 450 g/mol. The second kappa shape index (κ2) is 9.80. The Morgan fingerprint density at radius 3 is 2.41 bits per heavy atom. The Hall–Kier alpha value is -3.46. The van der Waals surface area contributed by atoms with Gasteiger partial charge < -0.3 is 10.1 Å². The van der Waals surface area contributed by atoms with Gasteiger partial charge in [0.1, 0.15) is 11.6 Å². The van der Waals surface area contributed by atoms with Crippen LogP contribution in [-0.4, -0.2) is 35.1 Å². The van der Waals surface area contributed by atoms with Crippen LogP contribution in [0, 0.1) is 11.2 Å². The molecule has 178 valence electrons. The maximum atomic E-state index is 14.0. The summed E-state index contributed by atoms with van der Waals surface area (Å²) >= 11 is 0. The van der Waals surface area contributed by atoms with Crippen LogP contribution in [0.15, 0.2) is 72.9 Å². The molecule has 2 aromatic carbocycles. The van der Waals surface area contributed by atoms with Crippen LogP contribution in [0.4, 0.5) is 17.6 Å². The molecular formula is C25H23F4N3O2. The van der Waals surface area contributed by atoms with E-state index in [4.69, 9.17) is 4.74 Å². The molecule has 1 aliphatic rings. The molecule has 0 saturated carbocycles. The van der Waals surface area contributed by atoms with Crippen LogP contribution in [-0.2, 0) is 17.9 Å². The number of aromatic nitrogens is 1. The summed E-state index contributed by atoms with van der Waals surface area (Å²) in [6, 6.07) is 17.7. The van der Waals surface area contributed by atoms with Gasteiger partial charge in [0.2, 0.25) is 11.8 Å². The van der Waals surface area contributed by atoms with Crippen molar-refractivity contribution < 1.29 is 27.1 Å². The number of ether oxygens (including phenoxy) is 1. The zero-order valence-electron chi connectivity index (χ0n) is 18.2. The van der Waals surface area contributed by atoms with Gasteiger partial charge in [-0.1, -0.05) is 36.4 Å². The zero-order valence-corrected chi connectivity index (χ0v) is 18.2. The lowest BCUT2D eigenvalue weighted by Gasteiger charge is -2.30. The maximum Gasteiger partial charge on any atom is 0.404 e. The SMILES string of the molecule is O=C(NCc1ccc(Oc2ccc(F)cc2)nc1)C1(C(F)(F)F)CCN(Cc2ccccc2)C1. The number of benzene rings is 2. The minimum absolute atomic E-state index is 0.0980. The Kier molecular flexibility index (Phi) is 6.83. The van der Waals surface area contributed by atoms with Crippen molar-refractivity contribution in [1.29, 1.82) is 0 Å². The summed E-state index contributed by atoms with van der Waals surface area (Å²) in [7, 11) is 0. The van der Waals surface area contributed by atoms with Crippen LogP contribution in [0.5, 0.6) is 11.6 Å². The number of nitrogens with zero attached hydrogens (tertiary/aromatic N) is 2. The fourth-order valence-electron chi connectivity index (χ4n) is 3.96. The number of amides is 1. The van der Waals surface area contributed by atoms with Gasteiger partial charge in [-0.05, 0) is 48.4 Å². The molecule has 9 heteroatoms. The van der Waals surface area contributed by atoms with E-state index in [9.17, 15) is 22.4 Å². The van der Waals surface area contributed by atoms with E-state index in [1.165, 1.54) is 36.5 Å². The number of halogens is 4. The monoisotopic (exact) mass is 473 g/mol. The van der Waals surface area contributed by atoms with Crippen molar-refractivity contribution in [2.75, 3.05) is 13.1 Å². The van der Waals surface area contributed by atoms with Crippen molar-refractivity contribution in [1.82, 2.24) is 15.2 Å². The molecule has 3 aromatic rings. The highest BCUT2D eigenvalue weighted by atomic mass is 19.4. The van der Waals surface area contributed by atoms with Crippen LogP contribution >= 0.6 is 0 Å². The van der Waals surface area contributed by atoms with Gasteiger partial charge in [0.25, 0.3) is 0 Å². The third-order valence-corrected chi connectivity index (χ3v) is 5.86. The largest absolute Gasteiger partial charge is 0.439 e. The summed E-state index contributed by atoms with van der Waals surface area (Å²) < 4.78 is 60.6. The quantitative estimate of drug-likeness (QED) is 0.486. The van der Waals surface area contributed by atoms with Crippen LogP contribution < -0.4 is 10.1 Å². The summed E-state index contributed by atoms with van der Waals surface area (Å²) in [5.74, 6) is -0.806. The number of pyridine rings is 1. The molecule has 1 amide bonds. The lowest BCUT2D eigenvalue weighted by molar-refractivity contribution is -0.218. The van der Waals surface area contributed by atoms with Crippen LogP contribution in [0.3, 0.4) is 0 Å². The highest BCUT2D eigenvalue weighted by Gasteiger charge is 2.62. The highest BCUT2D eigenvalue weighted by Crippen LogP contribution is 2.46. The molecule has 5 nitrogen and oxygen atoms in total. The van der Waals surface area contributed by atoms with Gasteiger partial charge in [-0.2, -0.15) is 13.2 Å². The van der Waals surface area contributed by atoms with E-state index in [1.807, 2.05) is 30.3 Å². The van der Waals surface area contributed by atoms with Gasteiger partial charge in [0.15, 0.2) is 5.41 Å². The first-order valence-electron chi connectivity index (χ1n) is 10.7. The Morgan fingerprint density at radius 1 is 1.03 bits per heavy atom. The molecule has 1 atom stereocenters. The molecule has 34 heavy (non-hydrogen) atoms. The molecule has 0 spiro atoms. The van der Waals surface area contributed by atoms with E-state index in [0.29, 0.717) is 17.9 Å². The zero-order chi connectivity index (χ0) is 24.2. The first-order chi connectivity index (χ1) is 16.2. The number of hydrogen-bond acceptors (Lipinski definition) is 4. The van der Waals surface area contributed by atoms with Crippen molar-refractivity contribution in [3.63, 3.8) is 0 Å². The van der Waals surface area contributed by atoms with Gasteiger partial charge in [0, 0.05) is 31.9 Å². The molecule has 1 unspecified atom stereocenters. The lowest BCUT2D eigenvalue weighted by atomic mass is 9.85. The van der Waals surface area contributed by atoms with Crippen molar-refractivity contribution >= 4 is 5.91 Å². The number of rotatable bonds is 7. The summed E-state index contributed by atoms with van der Waals surface area (Å²) in [6.45, 7) is 0.0449. The van der Waals surface area contributed by atoms with Crippen molar-refractivity contribution in [3.05, 3.63) is 89.9 Å². The normalized spacial score (nSPS) is 18.6. The van der Waals surface area contributed by atoms with Gasteiger partial charge in [-0.3, -0.25) is 9.69 Å². The van der Waals surface area contributed by atoms with Gasteiger partial charge in [-0.25, -0.2) is 9.37 Å². The van der Waals surface area contributed by atoms with E-state index in [1.54, 1.807) is 11.0 Å². The molecule has 1 fully saturated rings. The first-order valence-corrected chi connectivity index (χ1v) is 10.7. The van der Waals surface area contributed by atoms with E-state index in [0.717, 1.165) is 5.56 Å². The summed E-state index contributed by atoms with van der Waals surface area (Å²) in [4.78, 5) is 18.5. The molecule has 0 bridgehead atoms. The molecule has 0 aliphatic carbocycles. The molecule has 1 N–H and O–H groups in total. The Morgan fingerprint density at radius 2 is 1.76 bits per heavy atom.